The zero-order valence-corrected chi connectivity index (χ0v) is 20.0. The average molecular weight is 497 g/mol. The summed E-state index contributed by atoms with van der Waals surface area (Å²) in [7, 11) is -2.99. The molecule has 2 heterocycles. The van der Waals surface area contributed by atoms with E-state index >= 15 is 0 Å². The van der Waals surface area contributed by atoms with Crippen LogP contribution in [0.25, 0.3) is 0 Å². The van der Waals surface area contributed by atoms with Crippen LogP contribution in [0.4, 0.5) is 0 Å². The second-order valence-electron chi connectivity index (χ2n) is 7.94. The third-order valence-corrected chi connectivity index (χ3v) is 7.15. The van der Waals surface area contributed by atoms with Crippen LogP contribution in [0.2, 0.25) is 0 Å². The average Bonchev–Trinajstić information content (AvgIpc) is 3.08. The fourth-order valence-electron chi connectivity index (χ4n) is 3.61. The minimum atomic E-state index is -4.19. The normalized spacial score (nSPS) is 25.8. The van der Waals surface area contributed by atoms with E-state index in [1.165, 1.54) is 27.2 Å². The van der Waals surface area contributed by atoms with E-state index in [1.807, 2.05) is 0 Å². The van der Waals surface area contributed by atoms with Crippen LogP contribution in [0.5, 0.6) is 5.75 Å². The van der Waals surface area contributed by atoms with Gasteiger partial charge in [0, 0.05) is 18.2 Å². The van der Waals surface area contributed by atoms with Gasteiger partial charge in [0.15, 0.2) is 0 Å². The summed E-state index contributed by atoms with van der Waals surface area (Å²) < 4.78 is 36.6. The van der Waals surface area contributed by atoms with Gasteiger partial charge in [-0.05, 0) is 26.0 Å². The van der Waals surface area contributed by atoms with Crippen LogP contribution in [0, 0.1) is 5.92 Å². The van der Waals surface area contributed by atoms with Crippen LogP contribution in [-0.4, -0.2) is 52.1 Å². The molecule has 0 aliphatic carbocycles. The molecule has 1 saturated heterocycles. The van der Waals surface area contributed by atoms with Gasteiger partial charge in [0.1, 0.15) is 24.1 Å². The third-order valence-electron chi connectivity index (χ3n) is 5.39. The summed E-state index contributed by atoms with van der Waals surface area (Å²) in [5.74, 6) is -1.03. The molecule has 7 atom stereocenters. The number of benzene rings is 1. The van der Waals surface area contributed by atoms with Gasteiger partial charge in [0.2, 0.25) is 0 Å². The smallest absolute Gasteiger partial charge is 0.459 e. The van der Waals surface area contributed by atoms with Crippen molar-refractivity contribution in [3.05, 3.63) is 63.4 Å². The number of para-hydroxylation sites is 1. The number of ether oxygens (including phenoxy) is 2. The van der Waals surface area contributed by atoms with E-state index in [2.05, 4.69) is 14.8 Å². The Morgan fingerprint density at radius 2 is 1.91 bits per heavy atom. The first-order valence-electron chi connectivity index (χ1n) is 10.6. The topological polar surface area (TPSA) is 158 Å². The highest BCUT2D eigenvalue weighted by Gasteiger charge is 2.47. The van der Waals surface area contributed by atoms with E-state index in [4.69, 9.17) is 13.8 Å². The van der Waals surface area contributed by atoms with Gasteiger partial charge >= 0.3 is 19.4 Å². The number of aliphatic hydroxyl groups is 1. The lowest BCUT2D eigenvalue weighted by molar-refractivity contribution is -0.142. The van der Waals surface area contributed by atoms with Crippen molar-refractivity contribution in [3.8, 4) is 5.75 Å². The van der Waals surface area contributed by atoms with Crippen LogP contribution in [0.1, 0.15) is 27.0 Å². The van der Waals surface area contributed by atoms with Crippen molar-refractivity contribution >= 4 is 13.7 Å². The monoisotopic (exact) mass is 497 g/mol. The molecular formula is C21H28N3O9P. The van der Waals surface area contributed by atoms with E-state index < -0.39 is 61.5 Å². The van der Waals surface area contributed by atoms with Crippen LogP contribution < -0.4 is 20.9 Å². The fraction of sp³-hybridized carbons (Fsp3) is 0.476. The number of nitrogens with one attached hydrogen (secondary N) is 2. The molecule has 3 unspecified atom stereocenters. The number of hydrogen-bond donors (Lipinski definition) is 3. The third kappa shape index (κ3) is 5.83. The molecule has 13 heteroatoms. The molecular weight excluding hydrogens is 469 g/mol. The van der Waals surface area contributed by atoms with Gasteiger partial charge in [0.05, 0.1) is 19.3 Å². The van der Waals surface area contributed by atoms with Gasteiger partial charge in [0.25, 0.3) is 5.56 Å². The Morgan fingerprint density at radius 3 is 2.53 bits per heavy atom. The number of aromatic amines is 1. The van der Waals surface area contributed by atoms with Gasteiger partial charge in [-0.25, -0.2) is 9.36 Å². The zero-order valence-electron chi connectivity index (χ0n) is 19.1. The molecule has 0 radical (unpaired) electrons. The van der Waals surface area contributed by atoms with Crippen molar-refractivity contribution in [1.29, 1.82) is 0 Å². The largest absolute Gasteiger partial charge is 0.468 e. The number of hydrogen-bond acceptors (Lipinski definition) is 9. The second-order valence-corrected chi connectivity index (χ2v) is 9.59. The van der Waals surface area contributed by atoms with Gasteiger partial charge in [-0.2, -0.15) is 5.09 Å². The van der Waals surface area contributed by atoms with Gasteiger partial charge < -0.3 is 19.1 Å². The first kappa shape index (κ1) is 25.9. The minimum Gasteiger partial charge on any atom is -0.468 e. The molecule has 1 fully saturated rings. The minimum absolute atomic E-state index is 0.224. The Labute approximate surface area is 195 Å². The number of aromatic nitrogens is 2. The summed E-state index contributed by atoms with van der Waals surface area (Å²) in [6.07, 6.45) is -2.77. The lowest BCUT2D eigenvalue weighted by Crippen LogP contribution is -2.39. The SMILES string of the molecule is COC(=O)C(C)NP(=O)(Oc1ccccc1)OC(C)[C@H]1O[C@@H](n2ccc(=O)[nH]c2=O)[C@@H](C)[C@@H]1O. The molecule has 0 amide bonds. The molecule has 12 nitrogen and oxygen atoms in total. The number of H-pyrrole nitrogens is 1. The summed E-state index contributed by atoms with van der Waals surface area (Å²) >= 11 is 0. The maximum atomic E-state index is 13.6. The lowest BCUT2D eigenvalue weighted by Gasteiger charge is -2.28. The molecule has 1 aliphatic heterocycles. The Balaban J connectivity index is 1.82. The van der Waals surface area contributed by atoms with Gasteiger partial charge in [-0.1, -0.05) is 25.1 Å². The van der Waals surface area contributed by atoms with Crippen LogP contribution >= 0.6 is 7.75 Å². The summed E-state index contributed by atoms with van der Waals surface area (Å²) in [6.45, 7) is 4.61. The van der Waals surface area contributed by atoms with Crippen molar-refractivity contribution in [2.24, 2.45) is 5.92 Å². The highest BCUT2D eigenvalue weighted by molar-refractivity contribution is 7.52. The van der Waals surface area contributed by atoms with Crippen molar-refractivity contribution < 1.29 is 33.0 Å². The van der Waals surface area contributed by atoms with E-state index in [1.54, 1.807) is 37.3 Å². The summed E-state index contributed by atoms with van der Waals surface area (Å²) in [5, 5.41) is 13.3. The first-order valence-corrected chi connectivity index (χ1v) is 12.1. The van der Waals surface area contributed by atoms with Crippen molar-refractivity contribution in [3.63, 3.8) is 0 Å². The second kappa shape index (κ2) is 10.7. The molecule has 2 aromatic rings. The first-order chi connectivity index (χ1) is 16.0. The summed E-state index contributed by atoms with van der Waals surface area (Å²) in [5.41, 5.74) is -1.26. The number of nitrogens with zero attached hydrogens (tertiary/aromatic N) is 1. The highest BCUT2D eigenvalue weighted by atomic mass is 31.2. The predicted molar refractivity (Wildman–Crippen MR) is 120 cm³/mol. The summed E-state index contributed by atoms with van der Waals surface area (Å²) in [4.78, 5) is 37.6. The standard InChI is InChI=1S/C21H28N3O9P/c1-12-17(26)18(31-19(12)24-11-10-16(25)22-21(24)28)14(3)32-34(29,23-13(2)20(27)30-4)33-15-8-6-5-7-9-15/h5-14,17-19,26H,1-4H3,(H,23,29)(H,22,25,28)/t12-,13?,14?,17-,18+,19+,34?/m0/s1. The van der Waals surface area contributed by atoms with E-state index in [0.29, 0.717) is 0 Å². The van der Waals surface area contributed by atoms with E-state index in [-0.39, 0.29) is 5.75 Å². The molecule has 3 N–H and O–H groups in total. The predicted octanol–water partition coefficient (Wildman–Crippen LogP) is 1.17. The quantitative estimate of drug-likeness (QED) is 0.339. The molecule has 3 rings (SSSR count). The molecule has 0 spiro atoms. The zero-order chi connectivity index (χ0) is 25.0. The molecule has 34 heavy (non-hydrogen) atoms. The van der Waals surface area contributed by atoms with Crippen molar-refractivity contribution in [1.82, 2.24) is 14.6 Å². The van der Waals surface area contributed by atoms with Crippen LogP contribution in [0.15, 0.2) is 52.2 Å². The number of esters is 1. The Morgan fingerprint density at radius 1 is 1.24 bits per heavy atom. The van der Waals surface area contributed by atoms with Crippen LogP contribution in [0.3, 0.4) is 0 Å². The van der Waals surface area contributed by atoms with Gasteiger partial charge in [-0.15, -0.1) is 0 Å². The maximum Gasteiger partial charge on any atom is 0.459 e. The number of carbonyl (C=O) groups is 1. The lowest BCUT2D eigenvalue weighted by atomic mass is 9.99. The number of rotatable bonds is 9. The molecule has 1 aliphatic rings. The number of carbonyl (C=O) groups excluding carboxylic acids is 1. The van der Waals surface area contributed by atoms with Crippen molar-refractivity contribution in [2.75, 3.05) is 7.11 Å². The Hall–Kier alpha value is -2.76. The number of aliphatic hydroxyl groups excluding tert-OH is 1. The van der Waals surface area contributed by atoms with Crippen LogP contribution in [-0.2, 0) is 23.4 Å². The molecule has 186 valence electrons. The molecule has 0 saturated carbocycles. The fourth-order valence-corrected chi connectivity index (χ4v) is 5.31. The van der Waals surface area contributed by atoms with E-state index in [0.717, 1.165) is 10.6 Å². The molecule has 1 aromatic heterocycles. The summed E-state index contributed by atoms with van der Waals surface area (Å²) in [6, 6.07) is 8.34. The highest BCUT2D eigenvalue weighted by Crippen LogP contribution is 2.48. The Kier molecular flexibility index (Phi) is 8.11. The van der Waals surface area contributed by atoms with E-state index in [9.17, 15) is 24.1 Å². The van der Waals surface area contributed by atoms with Crippen molar-refractivity contribution in [2.45, 2.75) is 51.4 Å². The van der Waals surface area contributed by atoms with Gasteiger partial charge in [-0.3, -0.25) is 23.7 Å². The Bertz CT molecular complexity index is 1150. The molecule has 1 aromatic carbocycles. The molecule has 0 bridgehead atoms. The number of methoxy groups -OCH3 is 1. The maximum absolute atomic E-state index is 13.6.